The fourth-order valence-electron chi connectivity index (χ4n) is 4.10. The van der Waals surface area contributed by atoms with Gasteiger partial charge in [-0.15, -0.1) is 0 Å². The van der Waals surface area contributed by atoms with Crippen LogP contribution in [-0.2, 0) is 0 Å². The molecule has 1 aliphatic rings. The van der Waals surface area contributed by atoms with Gasteiger partial charge in [0.05, 0.1) is 34.8 Å². The van der Waals surface area contributed by atoms with Crippen molar-refractivity contribution in [2.24, 2.45) is 0 Å². The molecule has 0 spiro atoms. The molecule has 148 valence electrons. The third-order valence-electron chi connectivity index (χ3n) is 5.61. The van der Waals surface area contributed by atoms with Gasteiger partial charge in [0.1, 0.15) is 5.75 Å². The Morgan fingerprint density at radius 2 is 1.97 bits per heavy atom. The summed E-state index contributed by atoms with van der Waals surface area (Å²) in [6.07, 6.45) is 5.26. The Morgan fingerprint density at radius 1 is 1.17 bits per heavy atom. The number of aryl methyl sites for hydroxylation is 2. The minimum absolute atomic E-state index is 0.0162. The molecule has 1 saturated heterocycles. The van der Waals surface area contributed by atoms with E-state index in [4.69, 9.17) is 0 Å². The molecule has 8 heteroatoms. The third-order valence-corrected chi connectivity index (χ3v) is 5.61. The van der Waals surface area contributed by atoms with Gasteiger partial charge in [-0.05, 0) is 63.5 Å². The summed E-state index contributed by atoms with van der Waals surface area (Å²) in [4.78, 5) is 22.0. The van der Waals surface area contributed by atoms with E-state index in [-0.39, 0.29) is 17.4 Å². The first-order valence-corrected chi connectivity index (χ1v) is 9.80. The fraction of sp³-hybridized carbons (Fsp3) is 0.333. The Morgan fingerprint density at radius 3 is 2.76 bits per heavy atom. The van der Waals surface area contributed by atoms with E-state index in [2.05, 4.69) is 20.4 Å². The number of aromatic hydroxyl groups is 1. The van der Waals surface area contributed by atoms with E-state index in [1.807, 2.05) is 26.1 Å². The Labute approximate surface area is 166 Å². The van der Waals surface area contributed by atoms with Crippen molar-refractivity contribution in [3.8, 4) is 17.0 Å². The quantitative estimate of drug-likeness (QED) is 0.545. The van der Waals surface area contributed by atoms with Crippen molar-refractivity contribution in [2.45, 2.75) is 32.7 Å². The molecule has 1 aliphatic heterocycles. The number of phenols is 1. The van der Waals surface area contributed by atoms with Crippen molar-refractivity contribution >= 4 is 16.6 Å². The monoisotopic (exact) mass is 390 g/mol. The minimum Gasteiger partial charge on any atom is -0.507 e. The van der Waals surface area contributed by atoms with E-state index >= 15 is 0 Å². The SMILES string of the molecule is Cc1cn2nc(-c3cc4ncn(C5CCNCC5)c(=O)c4cc3O)cc(C)c2n1. The topological polar surface area (TPSA) is 97.3 Å². The molecule has 0 unspecified atom stereocenters. The zero-order chi connectivity index (χ0) is 20.1. The van der Waals surface area contributed by atoms with Crippen LogP contribution >= 0.6 is 0 Å². The Hall–Kier alpha value is -3.26. The number of phenolic OH excluding ortho intramolecular Hbond substituents is 1. The molecule has 4 aromatic rings. The van der Waals surface area contributed by atoms with Crippen LogP contribution in [0.5, 0.6) is 5.75 Å². The summed E-state index contributed by atoms with van der Waals surface area (Å²) in [5.74, 6) is 0.0162. The average molecular weight is 390 g/mol. The lowest BCUT2D eigenvalue weighted by Gasteiger charge is -2.24. The zero-order valence-electron chi connectivity index (χ0n) is 16.4. The number of piperidine rings is 1. The van der Waals surface area contributed by atoms with Gasteiger partial charge in [-0.25, -0.2) is 14.5 Å². The molecular formula is C21H22N6O2. The van der Waals surface area contributed by atoms with Crippen LogP contribution in [0.25, 0.3) is 27.8 Å². The van der Waals surface area contributed by atoms with Crippen molar-refractivity contribution in [1.82, 2.24) is 29.5 Å². The molecule has 0 saturated carbocycles. The van der Waals surface area contributed by atoms with Crippen LogP contribution in [-0.4, -0.2) is 42.3 Å². The maximum Gasteiger partial charge on any atom is 0.261 e. The second-order valence-corrected chi connectivity index (χ2v) is 7.69. The molecule has 3 aromatic heterocycles. The van der Waals surface area contributed by atoms with Gasteiger partial charge < -0.3 is 10.4 Å². The lowest BCUT2D eigenvalue weighted by atomic mass is 10.0. The molecule has 0 radical (unpaired) electrons. The van der Waals surface area contributed by atoms with E-state index in [9.17, 15) is 9.90 Å². The van der Waals surface area contributed by atoms with Gasteiger partial charge in [-0.2, -0.15) is 5.10 Å². The van der Waals surface area contributed by atoms with Crippen LogP contribution in [0.4, 0.5) is 0 Å². The number of rotatable bonds is 2. The first kappa shape index (κ1) is 17.8. The Balaban J connectivity index is 1.64. The van der Waals surface area contributed by atoms with Crippen LogP contribution in [0.15, 0.2) is 35.5 Å². The standard InChI is InChI=1S/C21H22N6O2/c1-12-7-18(25-27-10-13(2)24-20(12)27)15-8-17-16(9-19(15)28)21(29)26(11-23-17)14-3-5-22-6-4-14/h7-11,14,22,28H,3-6H2,1-2H3. The van der Waals surface area contributed by atoms with E-state index in [1.165, 1.54) is 6.07 Å². The Kier molecular flexibility index (Phi) is 4.09. The molecule has 0 amide bonds. The van der Waals surface area contributed by atoms with E-state index in [1.54, 1.807) is 21.5 Å². The summed E-state index contributed by atoms with van der Waals surface area (Å²) in [6.45, 7) is 5.65. The number of hydrogen-bond donors (Lipinski definition) is 2. The van der Waals surface area contributed by atoms with E-state index < -0.39 is 0 Å². The van der Waals surface area contributed by atoms with Gasteiger partial charge in [-0.1, -0.05) is 0 Å². The molecule has 29 heavy (non-hydrogen) atoms. The molecule has 8 nitrogen and oxygen atoms in total. The predicted molar refractivity (Wildman–Crippen MR) is 110 cm³/mol. The molecule has 1 fully saturated rings. The number of aromatic nitrogens is 5. The largest absolute Gasteiger partial charge is 0.507 e. The molecule has 0 bridgehead atoms. The normalized spacial score (nSPS) is 15.4. The molecule has 2 N–H and O–H groups in total. The van der Waals surface area contributed by atoms with Gasteiger partial charge in [0, 0.05) is 11.6 Å². The van der Waals surface area contributed by atoms with Crippen molar-refractivity contribution in [3.63, 3.8) is 0 Å². The lowest BCUT2D eigenvalue weighted by Crippen LogP contribution is -2.34. The summed E-state index contributed by atoms with van der Waals surface area (Å²) >= 11 is 0. The first-order valence-electron chi connectivity index (χ1n) is 9.80. The van der Waals surface area contributed by atoms with Crippen LogP contribution < -0.4 is 10.9 Å². The zero-order valence-corrected chi connectivity index (χ0v) is 16.4. The molecule has 5 rings (SSSR count). The summed E-state index contributed by atoms with van der Waals surface area (Å²) in [7, 11) is 0. The van der Waals surface area contributed by atoms with Gasteiger partial charge in [0.2, 0.25) is 0 Å². The number of nitrogens with one attached hydrogen (secondary N) is 1. The average Bonchev–Trinajstić information content (AvgIpc) is 3.10. The van der Waals surface area contributed by atoms with Crippen LogP contribution in [0.1, 0.15) is 30.1 Å². The van der Waals surface area contributed by atoms with Gasteiger partial charge >= 0.3 is 0 Å². The number of imidazole rings is 1. The van der Waals surface area contributed by atoms with Crippen molar-refractivity contribution in [2.75, 3.05) is 13.1 Å². The first-order chi connectivity index (χ1) is 14.0. The maximum absolute atomic E-state index is 13.0. The summed E-state index contributed by atoms with van der Waals surface area (Å²) < 4.78 is 3.41. The van der Waals surface area contributed by atoms with Gasteiger partial charge in [-0.3, -0.25) is 9.36 Å². The molecule has 0 aliphatic carbocycles. The van der Waals surface area contributed by atoms with Crippen molar-refractivity contribution in [3.05, 3.63) is 52.3 Å². The van der Waals surface area contributed by atoms with Crippen LogP contribution in [0.2, 0.25) is 0 Å². The number of benzene rings is 1. The highest BCUT2D eigenvalue weighted by atomic mass is 16.3. The van der Waals surface area contributed by atoms with E-state index in [0.717, 1.165) is 42.8 Å². The lowest BCUT2D eigenvalue weighted by molar-refractivity contribution is 0.359. The number of nitrogens with zero attached hydrogens (tertiary/aromatic N) is 5. The van der Waals surface area contributed by atoms with Crippen LogP contribution in [0, 0.1) is 13.8 Å². The summed E-state index contributed by atoms with van der Waals surface area (Å²) in [6, 6.07) is 5.27. The van der Waals surface area contributed by atoms with Gasteiger partial charge in [0.25, 0.3) is 5.56 Å². The highest BCUT2D eigenvalue weighted by Crippen LogP contribution is 2.32. The second kappa shape index (κ2) is 6.66. The highest BCUT2D eigenvalue weighted by Gasteiger charge is 2.19. The predicted octanol–water partition coefficient (Wildman–Crippen LogP) is 2.35. The summed E-state index contributed by atoms with van der Waals surface area (Å²) in [5.41, 5.74) is 4.20. The highest BCUT2D eigenvalue weighted by molar-refractivity contribution is 5.86. The smallest absolute Gasteiger partial charge is 0.261 e. The number of fused-ring (bicyclic) bond motifs is 2. The Bertz CT molecular complexity index is 1300. The van der Waals surface area contributed by atoms with E-state index in [0.29, 0.717) is 22.2 Å². The maximum atomic E-state index is 13.0. The molecule has 1 aromatic carbocycles. The molecule has 4 heterocycles. The molecular weight excluding hydrogens is 368 g/mol. The second-order valence-electron chi connectivity index (χ2n) is 7.69. The van der Waals surface area contributed by atoms with Crippen LogP contribution in [0.3, 0.4) is 0 Å². The summed E-state index contributed by atoms with van der Waals surface area (Å²) in [5, 5.41) is 19.0. The third kappa shape index (κ3) is 2.96. The minimum atomic E-state index is -0.117. The van der Waals surface area contributed by atoms with Crippen molar-refractivity contribution < 1.29 is 5.11 Å². The number of hydrogen-bond acceptors (Lipinski definition) is 6. The van der Waals surface area contributed by atoms with Gasteiger partial charge in [0.15, 0.2) is 5.65 Å². The molecule has 0 atom stereocenters. The van der Waals surface area contributed by atoms with Crippen molar-refractivity contribution in [1.29, 1.82) is 0 Å². The fourth-order valence-corrected chi connectivity index (χ4v) is 4.10.